The lowest BCUT2D eigenvalue weighted by atomic mass is 10.0. The van der Waals surface area contributed by atoms with Gasteiger partial charge in [0, 0.05) is 36.4 Å². The summed E-state index contributed by atoms with van der Waals surface area (Å²) in [6.45, 7) is 1.16. The maximum atomic E-state index is 12.4. The zero-order valence-electron chi connectivity index (χ0n) is 10.6. The van der Waals surface area contributed by atoms with Crippen LogP contribution < -0.4 is 0 Å². The second-order valence-corrected chi connectivity index (χ2v) is 4.98. The smallest absolute Gasteiger partial charge is 0.253 e. The molecular formula is C15H16N2O2. The number of pyridine rings is 1. The molecule has 4 nitrogen and oxygen atoms in total. The maximum Gasteiger partial charge on any atom is 0.253 e. The van der Waals surface area contributed by atoms with E-state index in [1.54, 1.807) is 17.3 Å². The third kappa shape index (κ3) is 2.44. The Balaban J connectivity index is 1.88. The quantitative estimate of drug-likeness (QED) is 0.847. The lowest BCUT2D eigenvalue weighted by molar-refractivity contribution is 0.0474. The first kappa shape index (κ1) is 12.1. The van der Waals surface area contributed by atoms with Gasteiger partial charge >= 0.3 is 0 Å². The first-order valence-electron chi connectivity index (χ1n) is 6.55. The highest BCUT2D eigenvalue weighted by atomic mass is 16.3. The van der Waals surface area contributed by atoms with E-state index in [-0.39, 0.29) is 12.0 Å². The van der Waals surface area contributed by atoms with Gasteiger partial charge in [0.15, 0.2) is 0 Å². The van der Waals surface area contributed by atoms with Crippen LogP contribution in [0.2, 0.25) is 0 Å². The largest absolute Gasteiger partial charge is 0.391 e. The molecule has 1 aromatic carbocycles. The third-order valence-corrected chi connectivity index (χ3v) is 3.57. The number of nitrogens with zero attached hydrogens (tertiary/aromatic N) is 2. The van der Waals surface area contributed by atoms with Crippen LogP contribution in [0.25, 0.3) is 10.8 Å². The van der Waals surface area contributed by atoms with Crippen LogP contribution in [-0.2, 0) is 0 Å². The van der Waals surface area contributed by atoms with E-state index in [1.807, 2.05) is 24.3 Å². The highest BCUT2D eigenvalue weighted by Gasteiger charge is 2.23. The van der Waals surface area contributed by atoms with Crippen molar-refractivity contribution in [1.29, 1.82) is 0 Å². The van der Waals surface area contributed by atoms with Gasteiger partial charge in [0.05, 0.1) is 6.10 Å². The van der Waals surface area contributed by atoms with Crippen LogP contribution in [-0.4, -0.2) is 40.1 Å². The van der Waals surface area contributed by atoms with Crippen molar-refractivity contribution in [3.63, 3.8) is 0 Å². The minimum absolute atomic E-state index is 0.00972. The van der Waals surface area contributed by atoms with Crippen molar-refractivity contribution in [1.82, 2.24) is 9.88 Å². The average molecular weight is 256 g/mol. The van der Waals surface area contributed by atoms with Gasteiger partial charge in [-0.2, -0.15) is 0 Å². The fourth-order valence-corrected chi connectivity index (χ4v) is 2.54. The highest BCUT2D eigenvalue weighted by molar-refractivity contribution is 5.98. The van der Waals surface area contributed by atoms with Crippen LogP contribution in [0.4, 0.5) is 0 Å². The minimum atomic E-state index is -0.389. The molecule has 1 aliphatic heterocycles. The van der Waals surface area contributed by atoms with Crippen LogP contribution in [0.3, 0.4) is 0 Å². The molecule has 0 saturated carbocycles. The normalized spacial score (nSPS) is 19.6. The van der Waals surface area contributed by atoms with E-state index in [2.05, 4.69) is 4.98 Å². The van der Waals surface area contributed by atoms with Crippen molar-refractivity contribution < 1.29 is 9.90 Å². The van der Waals surface area contributed by atoms with Gasteiger partial charge in [0.25, 0.3) is 5.91 Å². The molecule has 1 aliphatic rings. The van der Waals surface area contributed by atoms with Gasteiger partial charge in [-0.15, -0.1) is 0 Å². The number of rotatable bonds is 1. The Bertz CT molecular complexity index is 612. The third-order valence-electron chi connectivity index (χ3n) is 3.57. The number of carbonyl (C=O) groups excluding carboxylic acids is 1. The number of amides is 1. The second-order valence-electron chi connectivity index (χ2n) is 4.98. The number of hydrogen-bond donors (Lipinski definition) is 1. The van der Waals surface area contributed by atoms with E-state index in [1.165, 1.54) is 0 Å². The summed E-state index contributed by atoms with van der Waals surface area (Å²) in [7, 11) is 0. The van der Waals surface area contributed by atoms with Crippen molar-refractivity contribution >= 4 is 16.7 Å². The predicted molar refractivity (Wildman–Crippen MR) is 72.9 cm³/mol. The van der Waals surface area contributed by atoms with Crippen LogP contribution in [0.5, 0.6) is 0 Å². The Hall–Kier alpha value is -1.94. The Morgan fingerprint density at radius 3 is 3.05 bits per heavy atom. The van der Waals surface area contributed by atoms with Crippen molar-refractivity contribution in [3.05, 3.63) is 42.2 Å². The fraction of sp³-hybridized carbons (Fsp3) is 0.333. The summed E-state index contributed by atoms with van der Waals surface area (Å²) in [5, 5.41) is 11.7. The van der Waals surface area contributed by atoms with Crippen LogP contribution >= 0.6 is 0 Å². The van der Waals surface area contributed by atoms with Gasteiger partial charge in [-0.3, -0.25) is 9.78 Å². The lowest BCUT2D eigenvalue weighted by Gasteiger charge is -2.30. The number of piperidine rings is 1. The summed E-state index contributed by atoms with van der Waals surface area (Å²) < 4.78 is 0. The molecule has 1 N–H and O–H groups in total. The van der Waals surface area contributed by atoms with Gasteiger partial charge in [-0.25, -0.2) is 0 Å². The Morgan fingerprint density at radius 1 is 1.32 bits per heavy atom. The van der Waals surface area contributed by atoms with Gasteiger partial charge in [-0.1, -0.05) is 6.07 Å². The molecule has 0 bridgehead atoms. The molecule has 19 heavy (non-hydrogen) atoms. The molecule has 0 aliphatic carbocycles. The number of hydrogen-bond acceptors (Lipinski definition) is 3. The number of fused-ring (bicyclic) bond motifs is 1. The van der Waals surface area contributed by atoms with Gasteiger partial charge < -0.3 is 10.0 Å². The minimum Gasteiger partial charge on any atom is -0.391 e. The highest BCUT2D eigenvalue weighted by Crippen LogP contribution is 2.18. The number of benzene rings is 1. The Labute approximate surface area is 111 Å². The number of likely N-dealkylation sites (tertiary alicyclic amines) is 1. The molecule has 1 aromatic heterocycles. The van der Waals surface area contributed by atoms with Crippen molar-refractivity contribution in [2.45, 2.75) is 18.9 Å². The second kappa shape index (κ2) is 4.97. The molecule has 98 valence electrons. The van der Waals surface area contributed by atoms with Gasteiger partial charge in [-0.05, 0) is 36.4 Å². The summed E-state index contributed by atoms with van der Waals surface area (Å²) in [4.78, 5) is 18.2. The van der Waals surface area contributed by atoms with E-state index in [0.29, 0.717) is 12.1 Å². The van der Waals surface area contributed by atoms with Crippen molar-refractivity contribution in [2.75, 3.05) is 13.1 Å². The summed E-state index contributed by atoms with van der Waals surface area (Å²) in [5.74, 6) is -0.00972. The molecule has 1 fully saturated rings. The first-order chi connectivity index (χ1) is 9.24. The monoisotopic (exact) mass is 256 g/mol. The van der Waals surface area contributed by atoms with Crippen molar-refractivity contribution in [2.24, 2.45) is 0 Å². The van der Waals surface area contributed by atoms with E-state index >= 15 is 0 Å². The van der Waals surface area contributed by atoms with E-state index in [4.69, 9.17) is 0 Å². The first-order valence-corrected chi connectivity index (χ1v) is 6.55. The molecule has 4 heteroatoms. The summed E-state index contributed by atoms with van der Waals surface area (Å²) in [6.07, 6.45) is 4.76. The molecule has 2 heterocycles. The predicted octanol–water partition coefficient (Wildman–Crippen LogP) is 1.83. The molecule has 2 aromatic rings. The topological polar surface area (TPSA) is 53.4 Å². The zero-order chi connectivity index (χ0) is 13.2. The van der Waals surface area contributed by atoms with Crippen LogP contribution in [0, 0.1) is 0 Å². The molecular weight excluding hydrogens is 240 g/mol. The van der Waals surface area contributed by atoms with Crippen LogP contribution in [0.15, 0.2) is 36.7 Å². The molecule has 0 radical (unpaired) electrons. The molecule has 3 rings (SSSR count). The molecule has 0 unspecified atom stereocenters. The lowest BCUT2D eigenvalue weighted by Crippen LogP contribution is -2.42. The van der Waals surface area contributed by atoms with E-state index < -0.39 is 0 Å². The maximum absolute atomic E-state index is 12.4. The number of aliphatic hydroxyl groups is 1. The SMILES string of the molecule is O=C(c1ccc2ccncc2c1)N1CCC[C@@H](O)C1. The number of β-amino-alcohol motifs (C(OH)–C–C–N with tert-alkyl or cyclic N) is 1. The molecule has 1 atom stereocenters. The van der Waals surface area contributed by atoms with E-state index in [9.17, 15) is 9.90 Å². The molecule has 1 amide bonds. The number of aliphatic hydroxyl groups excluding tert-OH is 1. The van der Waals surface area contributed by atoms with Crippen LogP contribution in [0.1, 0.15) is 23.2 Å². The Morgan fingerprint density at radius 2 is 2.21 bits per heavy atom. The van der Waals surface area contributed by atoms with E-state index in [0.717, 1.165) is 30.2 Å². The number of aromatic nitrogens is 1. The van der Waals surface area contributed by atoms with Gasteiger partial charge in [0.2, 0.25) is 0 Å². The Kier molecular flexibility index (Phi) is 3.17. The summed E-state index contributed by atoms with van der Waals surface area (Å²) in [6, 6.07) is 7.57. The standard InChI is InChI=1S/C15H16N2O2/c18-14-2-1-7-17(10-14)15(19)12-4-3-11-5-6-16-9-13(11)8-12/h3-6,8-9,14,18H,1-2,7,10H2/t14-/m1/s1. The fourth-order valence-electron chi connectivity index (χ4n) is 2.54. The summed E-state index contributed by atoms with van der Waals surface area (Å²) >= 11 is 0. The van der Waals surface area contributed by atoms with Gasteiger partial charge in [0.1, 0.15) is 0 Å². The average Bonchev–Trinajstić information content (AvgIpc) is 2.46. The summed E-state index contributed by atoms with van der Waals surface area (Å²) in [5.41, 5.74) is 0.662. The van der Waals surface area contributed by atoms with Crippen molar-refractivity contribution in [3.8, 4) is 0 Å². The number of carbonyl (C=O) groups is 1. The zero-order valence-corrected chi connectivity index (χ0v) is 10.6. The molecule has 0 spiro atoms. The molecule has 1 saturated heterocycles.